The van der Waals surface area contributed by atoms with Crippen LogP contribution in [0.1, 0.15) is 52.4 Å². The maximum absolute atomic E-state index is 6.32. The highest BCUT2D eigenvalue weighted by Gasteiger charge is 2.52. The van der Waals surface area contributed by atoms with Crippen molar-refractivity contribution in [3.63, 3.8) is 0 Å². The molecule has 2 saturated carbocycles. The molecule has 0 aliphatic heterocycles. The number of hydrogen-bond donors (Lipinski definition) is 1. The Morgan fingerprint density at radius 1 is 1.21 bits per heavy atom. The zero-order valence-corrected chi connectivity index (χ0v) is 9.71. The third kappa shape index (κ3) is 1.98. The summed E-state index contributed by atoms with van der Waals surface area (Å²) in [5.74, 6) is 3.80. The summed E-state index contributed by atoms with van der Waals surface area (Å²) in [4.78, 5) is 0. The molecular formula is C13H25N. The smallest absolute Gasteiger partial charge is 0.00751 e. The fraction of sp³-hybridized carbons (Fsp3) is 1.00. The van der Waals surface area contributed by atoms with Crippen molar-refractivity contribution in [2.45, 2.75) is 58.4 Å². The molecule has 1 nitrogen and oxygen atoms in total. The SMILES string of the molecule is CCC(C)CC(N)C1C2CCCCC21. The number of hydrogen-bond acceptors (Lipinski definition) is 1. The standard InChI is InChI=1S/C13H25N/c1-3-9(2)8-12(14)13-10-6-4-5-7-11(10)13/h9-13H,3-8,14H2,1-2H3. The van der Waals surface area contributed by atoms with E-state index in [0.29, 0.717) is 6.04 Å². The van der Waals surface area contributed by atoms with Crippen molar-refractivity contribution in [1.82, 2.24) is 0 Å². The minimum absolute atomic E-state index is 0.512. The molecule has 4 atom stereocenters. The minimum Gasteiger partial charge on any atom is -0.327 e. The lowest BCUT2D eigenvalue weighted by molar-refractivity contribution is 0.405. The zero-order chi connectivity index (χ0) is 10.1. The summed E-state index contributed by atoms with van der Waals surface area (Å²) in [6, 6.07) is 0.512. The Hall–Kier alpha value is -0.0400. The van der Waals surface area contributed by atoms with Gasteiger partial charge in [0.25, 0.3) is 0 Å². The van der Waals surface area contributed by atoms with E-state index in [-0.39, 0.29) is 0 Å². The molecule has 0 heterocycles. The van der Waals surface area contributed by atoms with Crippen LogP contribution in [0.25, 0.3) is 0 Å². The summed E-state index contributed by atoms with van der Waals surface area (Å²) in [7, 11) is 0. The zero-order valence-electron chi connectivity index (χ0n) is 9.71. The van der Waals surface area contributed by atoms with E-state index < -0.39 is 0 Å². The van der Waals surface area contributed by atoms with Gasteiger partial charge in [-0.15, -0.1) is 0 Å². The molecule has 4 unspecified atom stereocenters. The molecule has 0 spiro atoms. The van der Waals surface area contributed by atoms with Crippen LogP contribution in [0.15, 0.2) is 0 Å². The van der Waals surface area contributed by atoms with Crippen LogP contribution >= 0.6 is 0 Å². The van der Waals surface area contributed by atoms with E-state index in [9.17, 15) is 0 Å². The largest absolute Gasteiger partial charge is 0.327 e. The first-order chi connectivity index (χ1) is 6.74. The molecule has 2 aliphatic carbocycles. The summed E-state index contributed by atoms with van der Waals surface area (Å²) in [5, 5.41) is 0. The van der Waals surface area contributed by atoms with E-state index in [1.54, 1.807) is 0 Å². The molecule has 1 heteroatoms. The van der Waals surface area contributed by atoms with Crippen molar-refractivity contribution in [3.05, 3.63) is 0 Å². The van der Waals surface area contributed by atoms with Gasteiger partial charge in [0.15, 0.2) is 0 Å². The van der Waals surface area contributed by atoms with Crippen molar-refractivity contribution in [1.29, 1.82) is 0 Å². The van der Waals surface area contributed by atoms with Gasteiger partial charge in [-0.05, 0) is 42.9 Å². The molecule has 0 aromatic rings. The Labute approximate surface area is 88.4 Å². The van der Waals surface area contributed by atoms with Crippen molar-refractivity contribution in [2.24, 2.45) is 29.4 Å². The van der Waals surface area contributed by atoms with Crippen LogP contribution in [0.3, 0.4) is 0 Å². The van der Waals surface area contributed by atoms with Crippen molar-refractivity contribution in [3.8, 4) is 0 Å². The summed E-state index contributed by atoms with van der Waals surface area (Å²) in [6.07, 6.45) is 8.43. The Morgan fingerprint density at radius 2 is 1.79 bits per heavy atom. The first kappa shape index (κ1) is 10.5. The molecule has 0 amide bonds. The maximum Gasteiger partial charge on any atom is 0.00751 e. The normalized spacial score (nSPS) is 40.1. The summed E-state index contributed by atoms with van der Waals surface area (Å²) in [6.45, 7) is 4.61. The molecule has 0 saturated heterocycles. The molecule has 0 aromatic heterocycles. The maximum atomic E-state index is 6.32. The Morgan fingerprint density at radius 3 is 2.29 bits per heavy atom. The van der Waals surface area contributed by atoms with Gasteiger partial charge >= 0.3 is 0 Å². The third-order valence-electron chi connectivity index (χ3n) is 4.59. The molecule has 2 aliphatic rings. The van der Waals surface area contributed by atoms with Gasteiger partial charge in [-0.3, -0.25) is 0 Å². The van der Waals surface area contributed by atoms with Crippen molar-refractivity contribution >= 4 is 0 Å². The molecule has 2 rings (SSSR count). The van der Waals surface area contributed by atoms with E-state index in [1.807, 2.05) is 0 Å². The van der Waals surface area contributed by atoms with E-state index in [4.69, 9.17) is 5.73 Å². The third-order valence-corrected chi connectivity index (χ3v) is 4.59. The monoisotopic (exact) mass is 195 g/mol. The van der Waals surface area contributed by atoms with Gasteiger partial charge in [0.2, 0.25) is 0 Å². The quantitative estimate of drug-likeness (QED) is 0.732. The lowest BCUT2D eigenvalue weighted by Crippen LogP contribution is -2.26. The predicted molar refractivity (Wildman–Crippen MR) is 61.0 cm³/mol. The molecule has 82 valence electrons. The van der Waals surface area contributed by atoms with E-state index >= 15 is 0 Å². The summed E-state index contributed by atoms with van der Waals surface area (Å²) < 4.78 is 0. The van der Waals surface area contributed by atoms with Crippen LogP contribution in [-0.4, -0.2) is 6.04 Å². The molecule has 14 heavy (non-hydrogen) atoms. The number of rotatable bonds is 4. The number of nitrogens with two attached hydrogens (primary N) is 1. The minimum atomic E-state index is 0.512. The second kappa shape index (κ2) is 4.22. The van der Waals surface area contributed by atoms with Crippen LogP contribution in [0, 0.1) is 23.7 Å². The highest BCUT2D eigenvalue weighted by Crippen LogP contribution is 2.57. The molecule has 2 N–H and O–H groups in total. The average Bonchev–Trinajstić information content (AvgIpc) is 2.91. The van der Waals surface area contributed by atoms with Crippen LogP contribution in [0.5, 0.6) is 0 Å². The molecule has 0 aromatic carbocycles. The Balaban J connectivity index is 1.79. The predicted octanol–water partition coefficient (Wildman–Crippen LogP) is 3.19. The van der Waals surface area contributed by atoms with Gasteiger partial charge in [-0.2, -0.15) is 0 Å². The highest BCUT2D eigenvalue weighted by atomic mass is 14.7. The summed E-state index contributed by atoms with van der Waals surface area (Å²) in [5.41, 5.74) is 6.32. The molecule has 2 fully saturated rings. The van der Waals surface area contributed by atoms with Crippen LogP contribution in [-0.2, 0) is 0 Å². The Bertz CT molecular complexity index is 178. The number of fused-ring (bicyclic) bond motifs is 1. The fourth-order valence-electron chi connectivity index (χ4n) is 3.47. The lowest BCUT2D eigenvalue weighted by Gasteiger charge is -2.15. The second-order valence-corrected chi connectivity index (χ2v) is 5.60. The van der Waals surface area contributed by atoms with Crippen LogP contribution < -0.4 is 5.73 Å². The van der Waals surface area contributed by atoms with Crippen LogP contribution in [0.2, 0.25) is 0 Å². The Kier molecular flexibility index (Phi) is 3.16. The van der Waals surface area contributed by atoms with E-state index in [0.717, 1.165) is 23.7 Å². The van der Waals surface area contributed by atoms with Crippen molar-refractivity contribution < 1.29 is 0 Å². The first-order valence-corrected chi connectivity index (χ1v) is 6.49. The van der Waals surface area contributed by atoms with Crippen LogP contribution in [0.4, 0.5) is 0 Å². The van der Waals surface area contributed by atoms with Gasteiger partial charge in [0.05, 0.1) is 0 Å². The van der Waals surface area contributed by atoms with E-state index in [2.05, 4.69) is 13.8 Å². The fourth-order valence-corrected chi connectivity index (χ4v) is 3.47. The topological polar surface area (TPSA) is 26.0 Å². The molecule has 0 radical (unpaired) electrons. The molecular weight excluding hydrogens is 170 g/mol. The second-order valence-electron chi connectivity index (χ2n) is 5.60. The lowest BCUT2D eigenvalue weighted by atomic mass is 9.95. The van der Waals surface area contributed by atoms with Crippen molar-refractivity contribution in [2.75, 3.05) is 0 Å². The average molecular weight is 195 g/mol. The van der Waals surface area contributed by atoms with Gasteiger partial charge in [0.1, 0.15) is 0 Å². The summed E-state index contributed by atoms with van der Waals surface area (Å²) >= 11 is 0. The van der Waals surface area contributed by atoms with Gasteiger partial charge < -0.3 is 5.73 Å². The van der Waals surface area contributed by atoms with E-state index in [1.165, 1.54) is 38.5 Å². The van der Waals surface area contributed by atoms with Gasteiger partial charge in [-0.1, -0.05) is 33.1 Å². The highest BCUT2D eigenvalue weighted by molar-refractivity contribution is 5.03. The molecule has 0 bridgehead atoms. The van der Waals surface area contributed by atoms with Gasteiger partial charge in [0, 0.05) is 6.04 Å². The van der Waals surface area contributed by atoms with Gasteiger partial charge in [-0.25, -0.2) is 0 Å². The first-order valence-electron chi connectivity index (χ1n) is 6.49.